The number of hydrogen-bond donors (Lipinski definition) is 1. The average Bonchev–Trinajstić information content (AvgIpc) is 3.07. The second-order valence-corrected chi connectivity index (χ2v) is 14.0. The topological polar surface area (TPSA) is 76.1 Å². The van der Waals surface area contributed by atoms with Crippen LogP contribution >= 0.6 is 0 Å². The molecule has 0 saturated carbocycles. The van der Waals surface area contributed by atoms with Crippen molar-refractivity contribution in [1.82, 2.24) is 4.90 Å². The van der Waals surface area contributed by atoms with Crippen LogP contribution in [0.4, 0.5) is 4.39 Å². The Morgan fingerprint density at radius 1 is 0.553 bits per heavy atom. The van der Waals surface area contributed by atoms with Crippen molar-refractivity contribution in [2.75, 3.05) is 46.1 Å². The molecule has 0 bridgehead atoms. The highest BCUT2D eigenvalue weighted by molar-refractivity contribution is 5.72. The predicted molar refractivity (Wildman–Crippen MR) is 195 cm³/mol. The third kappa shape index (κ3) is 30.6. The highest BCUT2D eigenvalue weighted by Crippen LogP contribution is 2.20. The molecule has 7 heteroatoms. The number of carbonyl (C=O) groups excluding carboxylic acids is 2. The highest BCUT2D eigenvalue weighted by atomic mass is 19.1. The van der Waals surface area contributed by atoms with Crippen LogP contribution in [-0.2, 0) is 19.1 Å². The predicted octanol–water partition coefficient (Wildman–Crippen LogP) is 10.8. The van der Waals surface area contributed by atoms with Gasteiger partial charge in [-0.05, 0) is 64.5 Å². The maximum absolute atomic E-state index is 12.6. The van der Waals surface area contributed by atoms with E-state index in [9.17, 15) is 19.1 Å². The zero-order chi connectivity index (χ0) is 34.6. The lowest BCUT2D eigenvalue weighted by atomic mass is 9.95. The lowest BCUT2D eigenvalue weighted by Crippen LogP contribution is -2.29. The Labute approximate surface area is 290 Å². The van der Waals surface area contributed by atoms with Gasteiger partial charge in [0.1, 0.15) is 0 Å². The number of aliphatic hydroxyl groups is 1. The molecule has 47 heavy (non-hydrogen) atoms. The number of nitrogens with zero attached hydrogens (tertiary/aromatic N) is 1. The van der Waals surface area contributed by atoms with Gasteiger partial charge >= 0.3 is 11.9 Å². The van der Waals surface area contributed by atoms with Crippen molar-refractivity contribution in [1.29, 1.82) is 0 Å². The molecule has 280 valence electrons. The van der Waals surface area contributed by atoms with E-state index < -0.39 is 0 Å². The van der Waals surface area contributed by atoms with Crippen molar-refractivity contribution in [2.24, 2.45) is 11.8 Å². The second kappa shape index (κ2) is 36.1. The minimum atomic E-state index is -0.244. The monoisotopic (exact) mass is 672 g/mol. The third-order valence-corrected chi connectivity index (χ3v) is 9.46. The summed E-state index contributed by atoms with van der Waals surface area (Å²) in [6, 6.07) is 0. The Kier molecular flexibility index (Phi) is 35.2. The van der Waals surface area contributed by atoms with Crippen molar-refractivity contribution in [3.05, 3.63) is 0 Å². The van der Waals surface area contributed by atoms with Crippen molar-refractivity contribution in [3.63, 3.8) is 0 Å². The zero-order valence-electron chi connectivity index (χ0n) is 31.4. The zero-order valence-corrected chi connectivity index (χ0v) is 31.4. The van der Waals surface area contributed by atoms with Gasteiger partial charge in [0.05, 0.1) is 38.3 Å². The Morgan fingerprint density at radius 3 is 1.55 bits per heavy atom. The summed E-state index contributed by atoms with van der Waals surface area (Å²) in [6.45, 7) is 10.2. The molecule has 0 aromatic heterocycles. The van der Waals surface area contributed by atoms with Crippen LogP contribution in [0.1, 0.15) is 188 Å². The van der Waals surface area contributed by atoms with Gasteiger partial charge in [0.15, 0.2) is 0 Å². The van der Waals surface area contributed by atoms with Crippen molar-refractivity contribution in [3.8, 4) is 0 Å². The van der Waals surface area contributed by atoms with Gasteiger partial charge < -0.3 is 19.5 Å². The molecule has 0 rings (SSSR count). The molecule has 0 aliphatic rings. The van der Waals surface area contributed by atoms with Crippen LogP contribution in [0.25, 0.3) is 0 Å². The minimum absolute atomic E-state index is 0.00544. The summed E-state index contributed by atoms with van der Waals surface area (Å²) < 4.78 is 23.4. The normalized spacial score (nSPS) is 12.8. The molecule has 1 N–H and O–H groups in total. The fourth-order valence-electron chi connectivity index (χ4n) is 6.21. The number of carbonyl (C=O) groups is 2. The van der Waals surface area contributed by atoms with Crippen LogP contribution in [-0.4, -0.2) is 68.1 Å². The van der Waals surface area contributed by atoms with E-state index in [4.69, 9.17) is 9.47 Å². The van der Waals surface area contributed by atoms with Crippen LogP contribution in [0.5, 0.6) is 0 Å². The molecular weight excluding hydrogens is 593 g/mol. The summed E-state index contributed by atoms with van der Waals surface area (Å²) in [7, 11) is 0. The van der Waals surface area contributed by atoms with Crippen LogP contribution < -0.4 is 0 Å². The molecule has 0 heterocycles. The first-order valence-electron chi connectivity index (χ1n) is 20.2. The molecule has 2 atom stereocenters. The van der Waals surface area contributed by atoms with Crippen LogP contribution in [0, 0.1) is 11.8 Å². The summed E-state index contributed by atoms with van der Waals surface area (Å²) in [5, 5.41) is 9.50. The molecule has 0 fully saturated rings. The molecule has 0 amide bonds. The largest absolute Gasteiger partial charge is 0.465 e. The van der Waals surface area contributed by atoms with Gasteiger partial charge in [-0.15, -0.1) is 0 Å². The smallest absolute Gasteiger partial charge is 0.308 e. The van der Waals surface area contributed by atoms with Gasteiger partial charge in [-0.3, -0.25) is 14.0 Å². The number of ether oxygens (including phenoxy) is 2. The van der Waals surface area contributed by atoms with E-state index in [1.807, 2.05) is 6.92 Å². The summed E-state index contributed by atoms with van der Waals surface area (Å²) in [5.41, 5.74) is 0. The second-order valence-electron chi connectivity index (χ2n) is 14.0. The molecule has 2 unspecified atom stereocenters. The quantitative estimate of drug-likeness (QED) is 0.0523. The highest BCUT2D eigenvalue weighted by Gasteiger charge is 2.19. The molecule has 0 aliphatic heterocycles. The Morgan fingerprint density at radius 2 is 1.00 bits per heavy atom. The van der Waals surface area contributed by atoms with Crippen molar-refractivity contribution in [2.45, 2.75) is 188 Å². The van der Waals surface area contributed by atoms with Gasteiger partial charge in [0.25, 0.3) is 0 Å². The lowest BCUT2D eigenvalue weighted by molar-refractivity contribution is -0.149. The fourth-order valence-corrected chi connectivity index (χ4v) is 6.21. The average molecular weight is 672 g/mol. The van der Waals surface area contributed by atoms with E-state index in [2.05, 4.69) is 18.7 Å². The number of rotatable bonds is 37. The van der Waals surface area contributed by atoms with E-state index in [1.54, 1.807) is 0 Å². The number of unbranched alkanes of at least 4 members (excludes halogenated alkanes) is 18. The van der Waals surface area contributed by atoms with Crippen molar-refractivity contribution >= 4 is 11.9 Å². The van der Waals surface area contributed by atoms with Gasteiger partial charge in [-0.25, -0.2) is 0 Å². The summed E-state index contributed by atoms with van der Waals surface area (Å²) >= 11 is 0. The number of halogens is 1. The molecule has 6 nitrogen and oxygen atoms in total. The molecular formula is C40H78FNO5. The Bertz CT molecular complexity index is 679. The molecule has 0 aromatic rings. The van der Waals surface area contributed by atoms with Crippen LogP contribution in [0.15, 0.2) is 0 Å². The standard InChI is InChI=1S/C40H78FNO5/c1-4-6-8-9-11-18-25-35-46-39(44)37(3)27-20-14-17-24-32-42(33-34-43)31-23-16-10-12-19-26-36-47-40(45)38(28-7-5-2)29-21-13-15-22-30-41/h37-38,43H,4-36H2,1-3H3. The van der Waals surface area contributed by atoms with E-state index in [0.717, 1.165) is 135 Å². The van der Waals surface area contributed by atoms with Gasteiger partial charge in [-0.2, -0.15) is 0 Å². The molecule has 0 saturated heterocycles. The SMILES string of the molecule is CCCCCCCCCOC(=O)C(C)CCCCCCN(CCO)CCCCCCCCOC(=O)C(CCCC)CCCCCCF. The Hall–Kier alpha value is -1.21. The summed E-state index contributed by atoms with van der Waals surface area (Å²) in [4.78, 5) is 27.2. The lowest BCUT2D eigenvalue weighted by Gasteiger charge is -2.21. The van der Waals surface area contributed by atoms with Crippen molar-refractivity contribution < 1.29 is 28.6 Å². The number of hydrogen-bond acceptors (Lipinski definition) is 6. The molecule has 0 aromatic carbocycles. The van der Waals surface area contributed by atoms with E-state index >= 15 is 0 Å². The van der Waals surface area contributed by atoms with E-state index in [1.165, 1.54) is 44.9 Å². The summed E-state index contributed by atoms with van der Waals surface area (Å²) in [5.74, 6) is -0.0690. The number of aliphatic hydroxyl groups excluding tert-OH is 1. The number of alkyl halides is 1. The number of esters is 2. The van der Waals surface area contributed by atoms with E-state index in [-0.39, 0.29) is 37.1 Å². The molecule has 0 aliphatic carbocycles. The molecule has 0 radical (unpaired) electrons. The third-order valence-electron chi connectivity index (χ3n) is 9.46. The maximum Gasteiger partial charge on any atom is 0.308 e. The van der Waals surface area contributed by atoms with Gasteiger partial charge in [0, 0.05) is 6.54 Å². The van der Waals surface area contributed by atoms with Crippen LogP contribution in [0.3, 0.4) is 0 Å². The van der Waals surface area contributed by atoms with E-state index in [0.29, 0.717) is 19.6 Å². The summed E-state index contributed by atoms with van der Waals surface area (Å²) in [6.07, 6.45) is 28.2. The first kappa shape index (κ1) is 45.8. The molecule has 0 spiro atoms. The first-order valence-corrected chi connectivity index (χ1v) is 20.2. The first-order chi connectivity index (χ1) is 23.0. The van der Waals surface area contributed by atoms with Crippen LogP contribution in [0.2, 0.25) is 0 Å². The Balaban J connectivity index is 3.84. The maximum atomic E-state index is 12.6. The van der Waals surface area contributed by atoms with Gasteiger partial charge in [-0.1, -0.05) is 136 Å². The minimum Gasteiger partial charge on any atom is -0.465 e. The van der Waals surface area contributed by atoms with Gasteiger partial charge in [0.2, 0.25) is 0 Å². The fraction of sp³-hybridized carbons (Fsp3) is 0.950.